The predicted octanol–water partition coefficient (Wildman–Crippen LogP) is 4.01. The summed E-state index contributed by atoms with van der Waals surface area (Å²) >= 11 is 6.32. The fraction of sp³-hybridized carbons (Fsp3) is 0.320. The van der Waals surface area contributed by atoms with Gasteiger partial charge >= 0.3 is 10.2 Å². The summed E-state index contributed by atoms with van der Waals surface area (Å²) < 4.78 is 39.8. The number of halogens is 2. The van der Waals surface area contributed by atoms with Crippen molar-refractivity contribution in [3.8, 4) is 5.75 Å². The van der Waals surface area contributed by atoms with Crippen LogP contribution in [0.25, 0.3) is 0 Å². The van der Waals surface area contributed by atoms with Gasteiger partial charge in [-0.25, -0.2) is 4.98 Å². The molecule has 39 heavy (non-hydrogen) atoms. The summed E-state index contributed by atoms with van der Waals surface area (Å²) in [6.07, 6.45) is 1.46. The maximum absolute atomic E-state index is 12.8. The highest BCUT2D eigenvalue weighted by molar-refractivity contribution is 7.86. The van der Waals surface area contributed by atoms with Crippen molar-refractivity contribution in [1.29, 1.82) is 0 Å². The van der Waals surface area contributed by atoms with Crippen LogP contribution in [0.15, 0.2) is 48.7 Å². The minimum atomic E-state index is -4.55. The van der Waals surface area contributed by atoms with Crippen molar-refractivity contribution in [2.45, 2.75) is 6.92 Å². The Morgan fingerprint density at radius 3 is 2.54 bits per heavy atom. The van der Waals surface area contributed by atoms with Crippen LogP contribution in [0.5, 0.6) is 5.75 Å². The Hall–Kier alpha value is -3.84. The fourth-order valence-corrected chi connectivity index (χ4v) is 4.54. The van der Waals surface area contributed by atoms with Gasteiger partial charge in [0.1, 0.15) is 10.8 Å². The molecule has 208 valence electrons. The van der Waals surface area contributed by atoms with Gasteiger partial charge < -0.3 is 30.5 Å². The maximum Gasteiger partial charge on any atom is 0.304 e. The molecular formula is C25H29ClFN7O4S. The zero-order valence-corrected chi connectivity index (χ0v) is 23.0. The highest BCUT2D eigenvalue weighted by Crippen LogP contribution is 2.33. The molecule has 1 amide bonds. The first-order valence-electron chi connectivity index (χ1n) is 12.1. The van der Waals surface area contributed by atoms with E-state index in [1.165, 1.54) is 6.20 Å². The van der Waals surface area contributed by atoms with E-state index in [9.17, 15) is 17.1 Å². The minimum Gasteiger partial charge on any atom is -0.494 e. The number of benzene rings is 2. The quantitative estimate of drug-likeness (QED) is 0.304. The predicted molar refractivity (Wildman–Crippen MR) is 151 cm³/mol. The van der Waals surface area contributed by atoms with E-state index in [4.69, 9.17) is 16.3 Å². The Bertz CT molecular complexity index is 1440. The molecule has 2 heterocycles. The van der Waals surface area contributed by atoms with Gasteiger partial charge in [-0.1, -0.05) is 17.7 Å². The van der Waals surface area contributed by atoms with Crippen molar-refractivity contribution < 1.29 is 21.8 Å². The molecule has 0 unspecified atom stereocenters. The lowest BCUT2D eigenvalue weighted by molar-refractivity contribution is -0.129. The number of aromatic nitrogens is 2. The first-order chi connectivity index (χ1) is 18.6. The molecule has 1 aromatic heterocycles. The summed E-state index contributed by atoms with van der Waals surface area (Å²) in [7, 11) is -2.97. The largest absolute Gasteiger partial charge is 0.494 e. The average Bonchev–Trinajstić information content (AvgIpc) is 2.90. The number of piperazine rings is 1. The Kier molecular flexibility index (Phi) is 8.92. The zero-order valence-electron chi connectivity index (χ0n) is 21.4. The van der Waals surface area contributed by atoms with Gasteiger partial charge in [-0.3, -0.25) is 4.79 Å². The molecule has 11 nitrogen and oxygen atoms in total. The van der Waals surface area contributed by atoms with Gasteiger partial charge in [0.05, 0.1) is 24.7 Å². The number of nitrogens with one attached hydrogen (secondary N) is 3. The second-order valence-corrected chi connectivity index (χ2v) is 10.7. The molecule has 3 aromatic rings. The average molecular weight is 578 g/mol. The van der Waals surface area contributed by atoms with Gasteiger partial charge in [-0.2, -0.15) is 13.4 Å². The van der Waals surface area contributed by atoms with Crippen LogP contribution in [-0.4, -0.2) is 74.8 Å². The summed E-state index contributed by atoms with van der Waals surface area (Å²) in [6.45, 7) is 4.32. The monoisotopic (exact) mass is 577 g/mol. The Morgan fingerprint density at radius 1 is 1.10 bits per heavy atom. The van der Waals surface area contributed by atoms with E-state index >= 15 is 0 Å². The molecule has 0 bridgehead atoms. The molecule has 0 radical (unpaired) electrons. The molecule has 3 N–H and O–H groups in total. The number of ether oxygens (including phenoxy) is 1. The van der Waals surface area contributed by atoms with Crippen LogP contribution in [0.1, 0.15) is 6.92 Å². The van der Waals surface area contributed by atoms with Gasteiger partial charge in [0.15, 0.2) is 5.82 Å². The lowest BCUT2D eigenvalue weighted by Crippen LogP contribution is -2.48. The minimum absolute atomic E-state index is 0.0696. The Morgan fingerprint density at radius 2 is 1.85 bits per heavy atom. The van der Waals surface area contributed by atoms with E-state index in [2.05, 4.69) is 30.8 Å². The Labute approximate surface area is 231 Å². The second kappa shape index (κ2) is 12.3. The van der Waals surface area contributed by atoms with Crippen molar-refractivity contribution in [1.82, 2.24) is 14.9 Å². The first-order valence-corrected chi connectivity index (χ1v) is 14.1. The topological polar surface area (TPSA) is 129 Å². The van der Waals surface area contributed by atoms with Gasteiger partial charge in [-0.15, -0.1) is 3.89 Å². The fourth-order valence-electron chi connectivity index (χ4n) is 4.06. The molecular weight excluding hydrogens is 549 g/mol. The zero-order chi connectivity index (χ0) is 28.0. The lowest BCUT2D eigenvalue weighted by atomic mass is 10.2. The van der Waals surface area contributed by atoms with Gasteiger partial charge in [-0.05, 0) is 30.3 Å². The van der Waals surface area contributed by atoms with Crippen LogP contribution in [0.3, 0.4) is 0 Å². The van der Waals surface area contributed by atoms with Gasteiger partial charge in [0.2, 0.25) is 11.9 Å². The number of rotatable bonds is 10. The van der Waals surface area contributed by atoms with Crippen molar-refractivity contribution in [2.24, 2.45) is 0 Å². The molecule has 0 aliphatic carbocycles. The molecule has 2 aromatic carbocycles. The van der Waals surface area contributed by atoms with E-state index in [-0.39, 0.29) is 23.4 Å². The summed E-state index contributed by atoms with van der Waals surface area (Å²) in [4.78, 5) is 24.4. The standard InChI is InChI=1S/C25H29ClFN7O4S/c1-17(35)33-9-11-34(12-10-33)20-6-7-22(23(15-20)38-2)31-25-29-16-21(26)24(32-25)30-19-5-3-4-18(14-19)28-8-13-39(27,36)37/h3-7,14-16,28H,8-13H2,1-2H3,(H2,29,30,31,32). The highest BCUT2D eigenvalue weighted by Gasteiger charge is 2.20. The van der Waals surface area contributed by atoms with Crippen molar-refractivity contribution in [3.63, 3.8) is 0 Å². The number of methoxy groups -OCH3 is 1. The summed E-state index contributed by atoms with van der Waals surface area (Å²) in [5.41, 5.74) is 2.87. The van der Waals surface area contributed by atoms with E-state index in [0.717, 1.165) is 18.8 Å². The van der Waals surface area contributed by atoms with Crippen LogP contribution in [0, 0.1) is 0 Å². The molecule has 1 saturated heterocycles. The molecule has 0 atom stereocenters. The normalized spacial score (nSPS) is 13.6. The third-order valence-electron chi connectivity index (χ3n) is 6.07. The SMILES string of the molecule is COc1cc(N2CCN(C(C)=O)CC2)ccc1Nc1ncc(Cl)c(Nc2cccc(NCCS(=O)(=O)F)c2)n1. The summed E-state index contributed by atoms with van der Waals surface area (Å²) in [5, 5.41) is 9.43. The van der Waals surface area contributed by atoms with Crippen molar-refractivity contribution in [3.05, 3.63) is 53.7 Å². The number of hydrogen-bond acceptors (Lipinski definition) is 10. The molecule has 0 saturated carbocycles. The molecule has 0 spiro atoms. The molecule has 1 aliphatic rings. The smallest absolute Gasteiger partial charge is 0.304 e. The Balaban J connectivity index is 1.44. The number of amides is 1. The number of hydrogen-bond donors (Lipinski definition) is 3. The summed E-state index contributed by atoms with van der Waals surface area (Å²) in [6, 6.07) is 12.7. The third kappa shape index (κ3) is 7.83. The van der Waals surface area contributed by atoms with E-state index in [1.807, 2.05) is 23.1 Å². The number of carbonyl (C=O) groups is 1. The molecule has 4 rings (SSSR count). The van der Waals surface area contributed by atoms with Crippen LogP contribution in [0.2, 0.25) is 5.02 Å². The first kappa shape index (κ1) is 28.2. The van der Waals surface area contributed by atoms with E-state index in [1.54, 1.807) is 38.3 Å². The van der Waals surface area contributed by atoms with Crippen LogP contribution in [-0.2, 0) is 15.0 Å². The number of anilines is 6. The lowest BCUT2D eigenvalue weighted by Gasteiger charge is -2.35. The van der Waals surface area contributed by atoms with Crippen LogP contribution >= 0.6 is 11.6 Å². The number of nitrogens with zero attached hydrogens (tertiary/aromatic N) is 4. The summed E-state index contributed by atoms with van der Waals surface area (Å²) in [5.74, 6) is 0.683. The van der Waals surface area contributed by atoms with Gasteiger partial charge in [0.25, 0.3) is 0 Å². The highest BCUT2D eigenvalue weighted by atomic mass is 35.5. The number of carbonyl (C=O) groups excluding carboxylic acids is 1. The third-order valence-corrected chi connectivity index (χ3v) is 7.03. The second-order valence-electron chi connectivity index (χ2n) is 8.77. The van der Waals surface area contributed by atoms with E-state index < -0.39 is 16.0 Å². The molecule has 1 aliphatic heterocycles. The van der Waals surface area contributed by atoms with Crippen molar-refractivity contribution in [2.75, 3.05) is 66.4 Å². The van der Waals surface area contributed by atoms with Crippen molar-refractivity contribution >= 4 is 62.2 Å². The van der Waals surface area contributed by atoms with E-state index in [0.29, 0.717) is 41.7 Å². The molecule has 14 heteroatoms. The van der Waals surface area contributed by atoms with Gasteiger partial charge in [0, 0.05) is 62.8 Å². The maximum atomic E-state index is 12.8. The van der Waals surface area contributed by atoms with Crippen LogP contribution < -0.4 is 25.6 Å². The molecule has 1 fully saturated rings. The van der Waals surface area contributed by atoms with Crippen LogP contribution in [0.4, 0.5) is 38.4 Å².